The van der Waals surface area contributed by atoms with E-state index >= 15 is 0 Å². The molecular formula is C16H21N3S. The number of nitrogens with one attached hydrogen (secondary N) is 1. The van der Waals surface area contributed by atoms with Gasteiger partial charge in [0.15, 0.2) is 4.77 Å². The third-order valence-electron chi connectivity index (χ3n) is 4.05. The van der Waals surface area contributed by atoms with Gasteiger partial charge in [-0.15, -0.1) is 0 Å². The second kappa shape index (κ2) is 4.85. The van der Waals surface area contributed by atoms with Gasteiger partial charge in [-0.05, 0) is 63.4 Å². The van der Waals surface area contributed by atoms with Gasteiger partial charge in [0.2, 0.25) is 0 Å². The maximum atomic E-state index is 5.43. The van der Waals surface area contributed by atoms with Crippen molar-refractivity contribution in [2.75, 3.05) is 0 Å². The van der Waals surface area contributed by atoms with Gasteiger partial charge >= 0.3 is 0 Å². The van der Waals surface area contributed by atoms with Crippen LogP contribution in [-0.4, -0.2) is 14.8 Å². The number of aryl methyl sites for hydroxylation is 1. The highest BCUT2D eigenvalue weighted by Gasteiger charge is 2.29. The third-order valence-corrected chi connectivity index (χ3v) is 4.32. The fraction of sp³-hybridized carbons (Fsp3) is 0.500. The fourth-order valence-corrected chi connectivity index (χ4v) is 3.63. The molecule has 3 rings (SSSR count). The van der Waals surface area contributed by atoms with Gasteiger partial charge in [0.05, 0.1) is 0 Å². The Morgan fingerprint density at radius 2 is 2.05 bits per heavy atom. The highest BCUT2D eigenvalue weighted by molar-refractivity contribution is 7.71. The van der Waals surface area contributed by atoms with Gasteiger partial charge in [-0.25, -0.2) is 0 Å². The highest BCUT2D eigenvalue weighted by atomic mass is 32.1. The van der Waals surface area contributed by atoms with Crippen molar-refractivity contribution in [2.45, 2.75) is 51.5 Å². The normalized spacial score (nSPS) is 18.9. The van der Waals surface area contributed by atoms with Crippen LogP contribution in [0.5, 0.6) is 0 Å². The lowest BCUT2D eigenvalue weighted by Gasteiger charge is -2.29. The third kappa shape index (κ3) is 2.22. The molecule has 0 saturated heterocycles. The van der Waals surface area contributed by atoms with Crippen molar-refractivity contribution in [3.8, 4) is 0 Å². The molecule has 1 aliphatic carbocycles. The summed E-state index contributed by atoms with van der Waals surface area (Å²) in [5.74, 6) is 1.43. The standard InChI is InChI=1S/C16H21N3S/c1-16(2,3)19-14(17-18-15(19)20)13-10-6-8-11-7-4-5-9-12(11)13/h4-5,7,9,13H,6,8,10H2,1-3H3,(H,18,20). The Balaban J connectivity index is 2.15. The van der Waals surface area contributed by atoms with Crippen molar-refractivity contribution in [1.82, 2.24) is 14.8 Å². The number of H-pyrrole nitrogens is 1. The van der Waals surface area contributed by atoms with E-state index in [9.17, 15) is 0 Å². The van der Waals surface area contributed by atoms with Crippen LogP contribution in [0.25, 0.3) is 0 Å². The predicted molar refractivity (Wildman–Crippen MR) is 83.6 cm³/mol. The van der Waals surface area contributed by atoms with E-state index in [-0.39, 0.29) is 5.54 Å². The van der Waals surface area contributed by atoms with Crippen molar-refractivity contribution in [3.05, 3.63) is 46.0 Å². The zero-order valence-electron chi connectivity index (χ0n) is 12.3. The lowest BCUT2D eigenvalue weighted by atomic mass is 9.82. The van der Waals surface area contributed by atoms with E-state index in [4.69, 9.17) is 12.2 Å². The topological polar surface area (TPSA) is 33.6 Å². The molecule has 106 valence electrons. The molecule has 2 aromatic rings. The molecule has 1 atom stereocenters. The first-order valence-corrected chi connectivity index (χ1v) is 7.65. The molecule has 1 aromatic carbocycles. The predicted octanol–water partition coefficient (Wildman–Crippen LogP) is 4.16. The van der Waals surface area contributed by atoms with Crippen LogP contribution in [0.3, 0.4) is 0 Å². The van der Waals surface area contributed by atoms with Crippen LogP contribution in [0.2, 0.25) is 0 Å². The van der Waals surface area contributed by atoms with Crippen LogP contribution in [0, 0.1) is 4.77 Å². The summed E-state index contributed by atoms with van der Waals surface area (Å²) in [6.45, 7) is 6.53. The lowest BCUT2D eigenvalue weighted by Crippen LogP contribution is -2.27. The second-order valence-corrected chi connectivity index (χ2v) is 6.92. The van der Waals surface area contributed by atoms with Crippen molar-refractivity contribution in [2.24, 2.45) is 0 Å². The van der Waals surface area contributed by atoms with E-state index in [0.29, 0.717) is 5.92 Å². The molecule has 1 unspecified atom stereocenters. The molecule has 0 spiro atoms. The van der Waals surface area contributed by atoms with Gasteiger partial charge in [0, 0.05) is 11.5 Å². The minimum atomic E-state index is -0.0498. The summed E-state index contributed by atoms with van der Waals surface area (Å²) in [5.41, 5.74) is 2.82. The highest BCUT2D eigenvalue weighted by Crippen LogP contribution is 2.37. The number of rotatable bonds is 1. The van der Waals surface area contributed by atoms with E-state index in [2.05, 4.69) is 59.8 Å². The second-order valence-electron chi connectivity index (χ2n) is 6.54. The van der Waals surface area contributed by atoms with Crippen LogP contribution < -0.4 is 0 Å². The fourth-order valence-electron chi connectivity index (χ4n) is 3.21. The summed E-state index contributed by atoms with van der Waals surface area (Å²) in [7, 11) is 0. The molecular weight excluding hydrogens is 266 g/mol. The Hall–Kier alpha value is -1.42. The number of fused-ring (bicyclic) bond motifs is 1. The van der Waals surface area contributed by atoms with Crippen LogP contribution in [-0.2, 0) is 12.0 Å². The van der Waals surface area contributed by atoms with Gasteiger partial charge < -0.3 is 0 Å². The monoisotopic (exact) mass is 287 g/mol. The maximum absolute atomic E-state index is 5.43. The van der Waals surface area contributed by atoms with Crippen LogP contribution >= 0.6 is 12.2 Å². The van der Waals surface area contributed by atoms with Gasteiger partial charge in [0.1, 0.15) is 5.82 Å². The summed E-state index contributed by atoms with van der Waals surface area (Å²) >= 11 is 5.43. The zero-order chi connectivity index (χ0) is 14.3. The summed E-state index contributed by atoms with van der Waals surface area (Å²) in [6.07, 6.45) is 3.53. The Bertz CT molecular complexity index is 676. The maximum Gasteiger partial charge on any atom is 0.195 e. The number of hydrogen-bond acceptors (Lipinski definition) is 2. The Kier molecular flexibility index (Phi) is 3.28. The first-order chi connectivity index (χ1) is 9.48. The van der Waals surface area contributed by atoms with Gasteiger partial charge in [-0.3, -0.25) is 9.67 Å². The summed E-state index contributed by atoms with van der Waals surface area (Å²) in [6, 6.07) is 8.73. The molecule has 20 heavy (non-hydrogen) atoms. The Morgan fingerprint density at radius 3 is 2.80 bits per heavy atom. The molecule has 0 radical (unpaired) electrons. The molecule has 1 aliphatic rings. The van der Waals surface area contributed by atoms with Gasteiger partial charge in [-0.1, -0.05) is 24.3 Å². The first kappa shape index (κ1) is 13.6. The van der Waals surface area contributed by atoms with E-state index in [1.807, 2.05) is 0 Å². The molecule has 0 aliphatic heterocycles. The smallest absolute Gasteiger partial charge is 0.195 e. The van der Waals surface area contributed by atoms with E-state index < -0.39 is 0 Å². The van der Waals surface area contributed by atoms with Crippen LogP contribution in [0.1, 0.15) is 56.5 Å². The number of aromatic nitrogens is 3. The van der Waals surface area contributed by atoms with E-state index in [0.717, 1.165) is 17.0 Å². The van der Waals surface area contributed by atoms with E-state index in [1.54, 1.807) is 0 Å². The molecule has 0 amide bonds. The SMILES string of the molecule is CC(C)(C)n1c(C2CCCc3ccccc32)n[nH]c1=S. The molecule has 1 N–H and O–H groups in total. The van der Waals surface area contributed by atoms with Crippen molar-refractivity contribution < 1.29 is 0 Å². The minimum absolute atomic E-state index is 0.0498. The van der Waals surface area contributed by atoms with Gasteiger partial charge in [0.25, 0.3) is 0 Å². The molecule has 1 heterocycles. The Morgan fingerprint density at radius 1 is 1.30 bits per heavy atom. The number of hydrogen-bond donors (Lipinski definition) is 1. The average molecular weight is 287 g/mol. The van der Waals surface area contributed by atoms with Crippen molar-refractivity contribution in [1.29, 1.82) is 0 Å². The van der Waals surface area contributed by atoms with Crippen molar-refractivity contribution in [3.63, 3.8) is 0 Å². The largest absolute Gasteiger partial charge is 0.298 e. The average Bonchev–Trinajstić information content (AvgIpc) is 2.80. The summed E-state index contributed by atoms with van der Waals surface area (Å²) in [4.78, 5) is 0. The first-order valence-electron chi connectivity index (χ1n) is 7.24. The van der Waals surface area contributed by atoms with Crippen LogP contribution in [0.15, 0.2) is 24.3 Å². The molecule has 0 saturated carbocycles. The lowest BCUT2D eigenvalue weighted by molar-refractivity contribution is 0.367. The minimum Gasteiger partial charge on any atom is -0.298 e. The Labute approximate surface area is 125 Å². The zero-order valence-corrected chi connectivity index (χ0v) is 13.1. The van der Waals surface area contributed by atoms with Gasteiger partial charge in [-0.2, -0.15) is 5.10 Å². The van der Waals surface area contributed by atoms with Crippen LogP contribution in [0.4, 0.5) is 0 Å². The quantitative estimate of drug-likeness (QED) is 0.799. The van der Waals surface area contributed by atoms with E-state index in [1.165, 1.54) is 24.0 Å². The molecule has 4 heteroatoms. The molecule has 0 bridgehead atoms. The summed E-state index contributed by atoms with van der Waals surface area (Å²) in [5, 5.41) is 7.54. The number of benzene rings is 1. The molecule has 0 fully saturated rings. The number of nitrogens with zero attached hydrogens (tertiary/aromatic N) is 2. The number of aromatic amines is 1. The van der Waals surface area contributed by atoms with Crippen molar-refractivity contribution >= 4 is 12.2 Å². The molecule has 1 aromatic heterocycles. The molecule has 3 nitrogen and oxygen atoms in total. The summed E-state index contributed by atoms with van der Waals surface area (Å²) < 4.78 is 2.89.